The normalized spacial score (nSPS) is 19.3. The zero-order valence-corrected chi connectivity index (χ0v) is 21.2. The monoisotopic (exact) mass is 520 g/mol. The van der Waals surface area contributed by atoms with Gasteiger partial charge in [-0.25, -0.2) is 9.78 Å². The molecule has 6 rings (SSSR count). The topological polar surface area (TPSA) is 144 Å². The number of rotatable bonds is 7. The van der Waals surface area contributed by atoms with Gasteiger partial charge in [0.15, 0.2) is 11.1 Å². The lowest BCUT2D eigenvalue weighted by Crippen LogP contribution is -2.31. The predicted molar refractivity (Wildman–Crippen MR) is 139 cm³/mol. The van der Waals surface area contributed by atoms with Crippen LogP contribution in [0.25, 0.3) is 23.0 Å². The summed E-state index contributed by atoms with van der Waals surface area (Å²) in [6.07, 6.45) is 8.67. The average Bonchev–Trinajstić information content (AvgIpc) is 3.22. The number of carbonyl (C=O) groups excluding carboxylic acids is 1. The summed E-state index contributed by atoms with van der Waals surface area (Å²) in [7, 11) is 2.14. The molecule has 0 radical (unpaired) electrons. The third-order valence-electron chi connectivity index (χ3n) is 6.93. The summed E-state index contributed by atoms with van der Waals surface area (Å²) in [6, 6.07) is 4.55. The van der Waals surface area contributed by atoms with Crippen LogP contribution in [0, 0.1) is 0 Å². The molecule has 1 saturated carbocycles. The van der Waals surface area contributed by atoms with E-state index in [-0.39, 0.29) is 23.5 Å². The number of hydrogen-bond acceptors (Lipinski definition) is 8. The van der Waals surface area contributed by atoms with Crippen molar-refractivity contribution in [2.75, 3.05) is 20.1 Å². The van der Waals surface area contributed by atoms with Gasteiger partial charge in [0.2, 0.25) is 5.88 Å². The van der Waals surface area contributed by atoms with E-state index in [1.165, 1.54) is 24.2 Å². The molecule has 4 aromatic rings. The van der Waals surface area contributed by atoms with Gasteiger partial charge >= 0.3 is 5.69 Å². The summed E-state index contributed by atoms with van der Waals surface area (Å²) in [4.78, 5) is 41.8. The minimum absolute atomic E-state index is 0.0777. The highest BCUT2D eigenvalue weighted by Gasteiger charge is 2.22. The molecule has 1 aliphatic heterocycles. The summed E-state index contributed by atoms with van der Waals surface area (Å²) >= 11 is 1.39. The SMILES string of the molecule is CN1CCCC1CCNC(=O)c1cc(-c2cc(=NC3CC3)n3ncc(=Cc4[nH]c(=O)[nH]c4O)c3n2)cs1. The molecule has 37 heavy (non-hydrogen) atoms. The molecule has 2 aliphatic rings. The van der Waals surface area contributed by atoms with Crippen LogP contribution in [0.15, 0.2) is 33.5 Å². The first kappa shape index (κ1) is 23.6. The number of hydrogen-bond donors (Lipinski definition) is 4. The number of imidazole rings is 1. The minimum atomic E-state index is -0.502. The maximum absolute atomic E-state index is 12.8. The molecule has 5 heterocycles. The molecule has 12 heteroatoms. The molecule has 11 nitrogen and oxygen atoms in total. The third-order valence-corrected chi connectivity index (χ3v) is 7.86. The minimum Gasteiger partial charge on any atom is -0.493 e. The standard InChI is InChI=1S/C25H28N8O3S/c1-32-8-2-3-17(32)6-7-26-24(35)20-10-15(13-37-20)18-11-21(28-16-4-5-16)33-22(29-18)14(12-27-33)9-19-23(34)31-25(36)30-19/h9-13,16-17,34H,2-8H2,1H3,(H,26,35)(H2,30,31,36). The van der Waals surface area contributed by atoms with Crippen LogP contribution in [0.3, 0.4) is 0 Å². The van der Waals surface area contributed by atoms with Gasteiger partial charge in [0.25, 0.3) is 5.91 Å². The summed E-state index contributed by atoms with van der Waals surface area (Å²) in [5.74, 6) is -0.331. The number of aromatic nitrogens is 5. The van der Waals surface area contributed by atoms with E-state index < -0.39 is 5.69 Å². The van der Waals surface area contributed by atoms with Crippen molar-refractivity contribution < 1.29 is 9.90 Å². The Bertz CT molecular complexity index is 1640. The van der Waals surface area contributed by atoms with E-state index in [9.17, 15) is 14.7 Å². The van der Waals surface area contributed by atoms with E-state index in [0.717, 1.165) is 31.4 Å². The van der Waals surface area contributed by atoms with Gasteiger partial charge in [-0.3, -0.25) is 14.8 Å². The highest BCUT2D eigenvalue weighted by molar-refractivity contribution is 7.12. The highest BCUT2D eigenvalue weighted by Crippen LogP contribution is 2.25. The lowest BCUT2D eigenvalue weighted by Gasteiger charge is -2.19. The molecule has 0 spiro atoms. The van der Waals surface area contributed by atoms with Gasteiger partial charge < -0.3 is 20.3 Å². The zero-order chi connectivity index (χ0) is 25.5. The lowest BCUT2D eigenvalue weighted by atomic mass is 10.1. The van der Waals surface area contributed by atoms with Crippen molar-refractivity contribution >= 4 is 29.0 Å². The fraction of sp³-hybridized carbons (Fsp3) is 0.400. The number of carbonyl (C=O) groups is 1. The van der Waals surface area contributed by atoms with Crippen LogP contribution in [0.2, 0.25) is 0 Å². The van der Waals surface area contributed by atoms with Crippen molar-refractivity contribution in [2.45, 2.75) is 44.2 Å². The van der Waals surface area contributed by atoms with Gasteiger partial charge in [0, 0.05) is 34.8 Å². The van der Waals surface area contributed by atoms with Crippen molar-refractivity contribution in [1.29, 1.82) is 0 Å². The number of nitrogens with zero attached hydrogens (tertiary/aromatic N) is 5. The Balaban J connectivity index is 1.31. The molecule has 1 aliphatic carbocycles. The zero-order valence-electron chi connectivity index (χ0n) is 20.4. The van der Waals surface area contributed by atoms with Crippen LogP contribution >= 0.6 is 11.3 Å². The first-order valence-electron chi connectivity index (χ1n) is 12.5. The first-order chi connectivity index (χ1) is 17.9. The first-order valence-corrected chi connectivity index (χ1v) is 13.4. The summed E-state index contributed by atoms with van der Waals surface area (Å²) < 4.78 is 1.66. The summed E-state index contributed by atoms with van der Waals surface area (Å²) in [6.45, 7) is 1.78. The molecule has 1 amide bonds. The highest BCUT2D eigenvalue weighted by atomic mass is 32.1. The lowest BCUT2D eigenvalue weighted by molar-refractivity contribution is 0.0954. The van der Waals surface area contributed by atoms with Gasteiger partial charge in [0.1, 0.15) is 5.69 Å². The molecule has 1 atom stereocenters. The van der Waals surface area contributed by atoms with E-state index in [4.69, 9.17) is 9.98 Å². The van der Waals surface area contributed by atoms with E-state index in [0.29, 0.717) is 39.5 Å². The van der Waals surface area contributed by atoms with Gasteiger partial charge in [-0.15, -0.1) is 11.3 Å². The Morgan fingerprint density at radius 3 is 2.92 bits per heavy atom. The number of aromatic hydroxyl groups is 1. The van der Waals surface area contributed by atoms with Crippen molar-refractivity contribution in [3.05, 3.63) is 55.5 Å². The van der Waals surface area contributed by atoms with Crippen LogP contribution in [0.4, 0.5) is 0 Å². The van der Waals surface area contributed by atoms with Crippen LogP contribution in [-0.2, 0) is 0 Å². The second kappa shape index (κ2) is 9.60. The Morgan fingerprint density at radius 2 is 2.19 bits per heavy atom. The molecule has 0 aromatic carbocycles. The molecular weight excluding hydrogens is 492 g/mol. The number of aromatic amines is 2. The van der Waals surface area contributed by atoms with Crippen molar-refractivity contribution in [2.24, 2.45) is 4.99 Å². The van der Waals surface area contributed by atoms with Crippen molar-refractivity contribution in [1.82, 2.24) is 34.8 Å². The van der Waals surface area contributed by atoms with E-state index in [2.05, 4.69) is 32.3 Å². The van der Waals surface area contributed by atoms with Crippen LogP contribution in [0.5, 0.6) is 5.88 Å². The number of amides is 1. The summed E-state index contributed by atoms with van der Waals surface area (Å²) in [5, 5.41) is 20.0. The smallest absolute Gasteiger partial charge is 0.326 e. The Morgan fingerprint density at radius 1 is 1.32 bits per heavy atom. The van der Waals surface area contributed by atoms with Crippen molar-refractivity contribution in [3.8, 4) is 17.1 Å². The molecular formula is C25H28N8O3S. The second-order valence-electron chi connectivity index (χ2n) is 9.70. The second-order valence-corrected chi connectivity index (χ2v) is 10.6. The van der Waals surface area contributed by atoms with Gasteiger partial charge in [-0.1, -0.05) is 0 Å². The number of likely N-dealkylation sites (tertiary alicyclic amines) is 1. The van der Waals surface area contributed by atoms with Gasteiger partial charge in [-0.2, -0.15) is 9.61 Å². The average molecular weight is 521 g/mol. The quantitative estimate of drug-likeness (QED) is 0.286. The summed E-state index contributed by atoms with van der Waals surface area (Å²) in [5.41, 5.74) is 2.45. The predicted octanol–water partition coefficient (Wildman–Crippen LogP) is 1.00. The molecule has 4 aromatic heterocycles. The fourth-order valence-corrected chi connectivity index (χ4v) is 5.53. The van der Waals surface area contributed by atoms with E-state index >= 15 is 0 Å². The largest absolute Gasteiger partial charge is 0.493 e. The maximum atomic E-state index is 12.8. The van der Waals surface area contributed by atoms with Gasteiger partial charge in [-0.05, 0) is 57.8 Å². The molecule has 0 bridgehead atoms. The van der Waals surface area contributed by atoms with Crippen LogP contribution in [0.1, 0.15) is 47.5 Å². The molecule has 4 N–H and O–H groups in total. The number of H-pyrrole nitrogens is 2. The molecule has 1 saturated heterocycles. The number of fused-ring (bicyclic) bond motifs is 1. The van der Waals surface area contributed by atoms with Crippen LogP contribution in [-0.4, -0.2) is 72.7 Å². The fourth-order valence-electron chi connectivity index (χ4n) is 4.72. The van der Waals surface area contributed by atoms with Crippen molar-refractivity contribution in [3.63, 3.8) is 0 Å². The van der Waals surface area contributed by atoms with E-state index in [1.807, 2.05) is 17.5 Å². The Labute approximate surface area is 215 Å². The van der Waals surface area contributed by atoms with Gasteiger partial charge in [0.05, 0.1) is 22.8 Å². The molecule has 1 unspecified atom stereocenters. The Hall–Kier alpha value is -3.77. The third kappa shape index (κ3) is 4.94. The molecule has 2 fully saturated rings. The maximum Gasteiger partial charge on any atom is 0.326 e. The number of thiophene rings is 1. The Kier molecular flexibility index (Phi) is 6.13. The molecule has 192 valence electrons. The van der Waals surface area contributed by atoms with Crippen LogP contribution < -0.4 is 21.7 Å². The van der Waals surface area contributed by atoms with E-state index in [1.54, 1.807) is 16.8 Å². The number of nitrogens with one attached hydrogen (secondary N) is 3.